The Balaban J connectivity index is 2.70. The van der Waals surface area contributed by atoms with Gasteiger partial charge in [-0.1, -0.05) is 13.0 Å². The molecular formula is C16H28N2O. The Hall–Kier alpha value is -1.06. The summed E-state index contributed by atoms with van der Waals surface area (Å²) in [6.45, 7) is 9.32. The highest BCUT2D eigenvalue weighted by atomic mass is 16.5. The van der Waals surface area contributed by atoms with Gasteiger partial charge in [0.05, 0.1) is 6.61 Å². The van der Waals surface area contributed by atoms with E-state index in [2.05, 4.69) is 56.2 Å². The van der Waals surface area contributed by atoms with Gasteiger partial charge in [0.15, 0.2) is 0 Å². The van der Waals surface area contributed by atoms with E-state index >= 15 is 0 Å². The van der Waals surface area contributed by atoms with Crippen molar-refractivity contribution in [3.05, 3.63) is 29.3 Å². The van der Waals surface area contributed by atoms with Crippen LogP contribution in [0.25, 0.3) is 0 Å². The minimum Gasteiger partial charge on any atom is -0.383 e. The van der Waals surface area contributed by atoms with Crippen LogP contribution in [0.5, 0.6) is 0 Å². The van der Waals surface area contributed by atoms with E-state index in [1.807, 2.05) is 0 Å². The molecule has 1 N–H and O–H groups in total. The Bertz CT molecular complexity index is 379. The smallest absolute Gasteiger partial charge is 0.0663 e. The number of hydrogen-bond acceptors (Lipinski definition) is 3. The van der Waals surface area contributed by atoms with Crippen LogP contribution in [0.4, 0.5) is 5.69 Å². The molecule has 0 radical (unpaired) electrons. The number of methoxy groups -OCH3 is 1. The summed E-state index contributed by atoms with van der Waals surface area (Å²) in [7, 11) is 3.87. The highest BCUT2D eigenvalue weighted by Gasteiger charge is 2.10. The van der Waals surface area contributed by atoms with Crippen LogP contribution >= 0.6 is 0 Å². The van der Waals surface area contributed by atoms with Crippen LogP contribution in [-0.2, 0) is 11.3 Å². The normalized spacial score (nSPS) is 12.5. The van der Waals surface area contributed by atoms with Crippen LogP contribution in [0.2, 0.25) is 0 Å². The Kier molecular flexibility index (Phi) is 6.89. The molecule has 108 valence electrons. The van der Waals surface area contributed by atoms with Gasteiger partial charge in [-0.15, -0.1) is 0 Å². The summed E-state index contributed by atoms with van der Waals surface area (Å²) in [5, 5.41) is 3.45. The van der Waals surface area contributed by atoms with Crippen molar-refractivity contribution >= 4 is 5.69 Å². The van der Waals surface area contributed by atoms with Gasteiger partial charge >= 0.3 is 0 Å². The van der Waals surface area contributed by atoms with E-state index in [0.29, 0.717) is 6.04 Å². The molecule has 0 fully saturated rings. The van der Waals surface area contributed by atoms with Gasteiger partial charge in [0.1, 0.15) is 0 Å². The average Bonchev–Trinajstić information content (AvgIpc) is 2.40. The SMILES string of the molecule is CCCNCc1ccc(N(C)C(C)COC)cc1C. The van der Waals surface area contributed by atoms with Gasteiger partial charge in [-0.25, -0.2) is 0 Å². The van der Waals surface area contributed by atoms with Gasteiger partial charge in [-0.2, -0.15) is 0 Å². The molecule has 1 atom stereocenters. The second kappa shape index (κ2) is 8.18. The average molecular weight is 264 g/mol. The van der Waals surface area contributed by atoms with Gasteiger partial charge < -0.3 is 15.0 Å². The fourth-order valence-corrected chi connectivity index (χ4v) is 2.11. The Labute approximate surface area is 118 Å². The fraction of sp³-hybridized carbons (Fsp3) is 0.625. The van der Waals surface area contributed by atoms with Crippen molar-refractivity contribution in [1.29, 1.82) is 0 Å². The topological polar surface area (TPSA) is 24.5 Å². The summed E-state index contributed by atoms with van der Waals surface area (Å²) in [5.74, 6) is 0. The van der Waals surface area contributed by atoms with Crippen molar-refractivity contribution in [3.63, 3.8) is 0 Å². The number of benzene rings is 1. The third-order valence-electron chi connectivity index (χ3n) is 3.54. The quantitative estimate of drug-likeness (QED) is 0.731. The van der Waals surface area contributed by atoms with Gasteiger partial charge in [-0.05, 0) is 50.1 Å². The lowest BCUT2D eigenvalue weighted by Gasteiger charge is -2.27. The standard InChI is InChI=1S/C16H28N2O/c1-6-9-17-11-15-7-8-16(10-13(15)2)18(4)14(3)12-19-5/h7-8,10,14,17H,6,9,11-12H2,1-5H3. The Morgan fingerprint density at radius 3 is 2.68 bits per heavy atom. The lowest BCUT2D eigenvalue weighted by Crippen LogP contribution is -2.32. The zero-order valence-corrected chi connectivity index (χ0v) is 13.0. The van der Waals surface area contributed by atoms with Crippen molar-refractivity contribution in [3.8, 4) is 0 Å². The molecule has 3 nitrogen and oxygen atoms in total. The minimum atomic E-state index is 0.383. The van der Waals surface area contributed by atoms with Gasteiger partial charge in [0.25, 0.3) is 0 Å². The number of nitrogens with zero attached hydrogens (tertiary/aromatic N) is 1. The molecule has 0 aromatic heterocycles. The molecule has 1 rings (SSSR count). The van der Waals surface area contributed by atoms with Crippen molar-refractivity contribution in [1.82, 2.24) is 5.32 Å². The first-order valence-corrected chi connectivity index (χ1v) is 7.12. The van der Waals surface area contributed by atoms with Crippen molar-refractivity contribution < 1.29 is 4.74 Å². The highest BCUT2D eigenvalue weighted by molar-refractivity contribution is 5.51. The van der Waals surface area contributed by atoms with E-state index in [1.54, 1.807) is 7.11 Å². The molecule has 0 aliphatic heterocycles. The minimum absolute atomic E-state index is 0.383. The van der Waals surface area contributed by atoms with Crippen molar-refractivity contribution in [2.24, 2.45) is 0 Å². The molecule has 0 amide bonds. The maximum atomic E-state index is 5.21. The number of rotatable bonds is 8. The maximum Gasteiger partial charge on any atom is 0.0663 e. The number of likely N-dealkylation sites (N-methyl/N-ethyl adjacent to an activating group) is 1. The number of hydrogen-bond donors (Lipinski definition) is 1. The summed E-state index contributed by atoms with van der Waals surface area (Å²) >= 11 is 0. The molecule has 19 heavy (non-hydrogen) atoms. The summed E-state index contributed by atoms with van der Waals surface area (Å²) in [4.78, 5) is 2.26. The Morgan fingerprint density at radius 2 is 2.11 bits per heavy atom. The first kappa shape index (κ1) is 16.0. The van der Waals surface area contributed by atoms with Crippen LogP contribution in [0.15, 0.2) is 18.2 Å². The van der Waals surface area contributed by atoms with E-state index in [4.69, 9.17) is 4.74 Å². The molecule has 0 bridgehead atoms. The summed E-state index contributed by atoms with van der Waals surface area (Å²) < 4.78 is 5.21. The monoisotopic (exact) mass is 264 g/mol. The van der Waals surface area contributed by atoms with Crippen LogP contribution < -0.4 is 10.2 Å². The molecule has 1 aromatic carbocycles. The van der Waals surface area contributed by atoms with E-state index in [0.717, 1.165) is 19.7 Å². The third kappa shape index (κ3) is 4.84. The van der Waals surface area contributed by atoms with E-state index in [9.17, 15) is 0 Å². The first-order valence-electron chi connectivity index (χ1n) is 7.12. The fourth-order valence-electron chi connectivity index (χ4n) is 2.11. The second-order valence-corrected chi connectivity index (χ2v) is 5.20. The summed E-state index contributed by atoms with van der Waals surface area (Å²) in [5.41, 5.74) is 3.98. The zero-order chi connectivity index (χ0) is 14.3. The van der Waals surface area contributed by atoms with Gasteiger partial charge in [-0.3, -0.25) is 0 Å². The van der Waals surface area contributed by atoms with Crippen molar-refractivity contribution in [2.45, 2.75) is 39.8 Å². The molecular weight excluding hydrogens is 236 g/mol. The molecule has 1 aromatic rings. The molecule has 0 aliphatic carbocycles. The largest absolute Gasteiger partial charge is 0.383 e. The predicted molar refractivity (Wildman–Crippen MR) is 82.9 cm³/mol. The molecule has 0 aliphatic rings. The molecule has 0 saturated heterocycles. The summed E-state index contributed by atoms with van der Waals surface area (Å²) in [6.07, 6.45) is 1.18. The predicted octanol–water partition coefficient (Wildman–Crippen LogP) is 2.97. The molecule has 0 spiro atoms. The molecule has 1 unspecified atom stereocenters. The maximum absolute atomic E-state index is 5.21. The van der Waals surface area contributed by atoms with E-state index < -0.39 is 0 Å². The number of aryl methyl sites for hydroxylation is 1. The third-order valence-corrected chi connectivity index (χ3v) is 3.54. The van der Waals surface area contributed by atoms with Crippen LogP contribution in [0.1, 0.15) is 31.4 Å². The van der Waals surface area contributed by atoms with E-state index in [1.165, 1.54) is 23.2 Å². The lowest BCUT2D eigenvalue weighted by atomic mass is 10.1. The van der Waals surface area contributed by atoms with Crippen LogP contribution in [0.3, 0.4) is 0 Å². The lowest BCUT2D eigenvalue weighted by molar-refractivity contribution is 0.183. The molecule has 0 heterocycles. The van der Waals surface area contributed by atoms with Crippen molar-refractivity contribution in [2.75, 3.05) is 32.2 Å². The van der Waals surface area contributed by atoms with Gasteiger partial charge in [0.2, 0.25) is 0 Å². The Morgan fingerprint density at radius 1 is 1.37 bits per heavy atom. The highest BCUT2D eigenvalue weighted by Crippen LogP contribution is 2.20. The number of nitrogens with one attached hydrogen (secondary N) is 1. The second-order valence-electron chi connectivity index (χ2n) is 5.20. The van der Waals surface area contributed by atoms with Crippen LogP contribution in [-0.4, -0.2) is 33.4 Å². The molecule has 0 saturated carbocycles. The first-order chi connectivity index (χ1) is 9.10. The van der Waals surface area contributed by atoms with Gasteiger partial charge in [0, 0.05) is 32.4 Å². The van der Waals surface area contributed by atoms with Crippen LogP contribution in [0, 0.1) is 6.92 Å². The van der Waals surface area contributed by atoms with E-state index in [-0.39, 0.29) is 0 Å². The number of anilines is 1. The summed E-state index contributed by atoms with van der Waals surface area (Å²) in [6, 6.07) is 7.06. The number of ether oxygens (including phenoxy) is 1. The molecule has 3 heteroatoms. The zero-order valence-electron chi connectivity index (χ0n) is 13.0.